The lowest BCUT2D eigenvalue weighted by Gasteiger charge is -2.29. The van der Waals surface area contributed by atoms with Gasteiger partial charge in [0.2, 0.25) is 0 Å². The summed E-state index contributed by atoms with van der Waals surface area (Å²) in [5.41, 5.74) is 3.88. The highest BCUT2D eigenvalue weighted by atomic mass is 15.3. The van der Waals surface area contributed by atoms with Crippen LogP contribution < -0.4 is 0 Å². The number of rotatable bonds is 4. The third-order valence-electron chi connectivity index (χ3n) is 5.32. The molecular formula is C24H24N2. The molecule has 0 aliphatic carbocycles. The molecule has 0 spiro atoms. The van der Waals surface area contributed by atoms with Crippen molar-refractivity contribution in [1.29, 1.82) is 0 Å². The molecule has 3 aromatic rings. The van der Waals surface area contributed by atoms with Gasteiger partial charge >= 0.3 is 0 Å². The van der Waals surface area contributed by atoms with Gasteiger partial charge in [-0.2, -0.15) is 0 Å². The Labute approximate surface area is 155 Å². The second kappa shape index (κ2) is 7.17. The predicted molar refractivity (Wildman–Crippen MR) is 108 cm³/mol. The molecule has 2 nitrogen and oxygen atoms in total. The zero-order valence-corrected chi connectivity index (χ0v) is 15.3. The third-order valence-corrected chi connectivity index (χ3v) is 5.32. The van der Waals surface area contributed by atoms with Gasteiger partial charge in [0, 0.05) is 13.0 Å². The molecule has 1 aliphatic rings. The molecule has 4 rings (SSSR count). The van der Waals surface area contributed by atoms with Gasteiger partial charge in [-0.05, 0) is 16.7 Å². The van der Waals surface area contributed by atoms with Crippen LogP contribution in [-0.2, 0) is 0 Å². The van der Waals surface area contributed by atoms with Gasteiger partial charge in [0.15, 0.2) is 0 Å². The average molecular weight is 340 g/mol. The van der Waals surface area contributed by atoms with Crippen molar-refractivity contribution in [3.63, 3.8) is 0 Å². The van der Waals surface area contributed by atoms with E-state index < -0.39 is 0 Å². The van der Waals surface area contributed by atoms with E-state index in [1.807, 2.05) is 0 Å². The van der Waals surface area contributed by atoms with Gasteiger partial charge in [-0.25, -0.2) is 0 Å². The lowest BCUT2D eigenvalue weighted by molar-refractivity contribution is 0.358. The molecule has 0 saturated heterocycles. The van der Waals surface area contributed by atoms with E-state index in [4.69, 9.17) is 4.99 Å². The molecule has 3 aromatic carbocycles. The summed E-state index contributed by atoms with van der Waals surface area (Å²) in [6.07, 6.45) is 0. The molecule has 0 bridgehead atoms. The van der Waals surface area contributed by atoms with Gasteiger partial charge in [-0.1, -0.05) is 97.9 Å². The third kappa shape index (κ3) is 3.03. The van der Waals surface area contributed by atoms with Gasteiger partial charge in [0.1, 0.15) is 11.9 Å². The van der Waals surface area contributed by atoms with Crippen LogP contribution in [0.15, 0.2) is 96.0 Å². The molecule has 0 fully saturated rings. The Bertz CT molecular complexity index is 872. The molecule has 0 saturated carbocycles. The van der Waals surface area contributed by atoms with E-state index >= 15 is 0 Å². The van der Waals surface area contributed by atoms with Crippen molar-refractivity contribution in [2.24, 2.45) is 4.99 Å². The number of amidine groups is 1. The van der Waals surface area contributed by atoms with Crippen molar-refractivity contribution in [2.45, 2.75) is 24.9 Å². The van der Waals surface area contributed by atoms with Crippen LogP contribution in [0.25, 0.3) is 0 Å². The Hall–Kier alpha value is -2.87. The Morgan fingerprint density at radius 3 is 1.81 bits per heavy atom. The van der Waals surface area contributed by atoms with Crippen molar-refractivity contribution in [3.05, 3.63) is 108 Å². The minimum Gasteiger partial charge on any atom is -0.353 e. The molecule has 130 valence electrons. The molecule has 0 radical (unpaired) electrons. The second-order valence-corrected chi connectivity index (χ2v) is 6.94. The minimum absolute atomic E-state index is 0.116. The topological polar surface area (TPSA) is 15.6 Å². The van der Waals surface area contributed by atoms with Crippen LogP contribution in [0, 0.1) is 0 Å². The first kappa shape index (κ1) is 16.6. The molecule has 0 N–H and O–H groups in total. The van der Waals surface area contributed by atoms with Gasteiger partial charge in [-0.15, -0.1) is 0 Å². The van der Waals surface area contributed by atoms with E-state index in [1.54, 1.807) is 0 Å². The maximum absolute atomic E-state index is 5.22. The number of benzene rings is 3. The monoisotopic (exact) mass is 340 g/mol. The van der Waals surface area contributed by atoms with E-state index in [-0.39, 0.29) is 18.0 Å². The molecule has 1 unspecified atom stereocenters. The summed E-state index contributed by atoms with van der Waals surface area (Å²) in [6.45, 7) is 2.25. The number of hydrogen-bond acceptors (Lipinski definition) is 2. The van der Waals surface area contributed by atoms with E-state index in [2.05, 4.69) is 110 Å². The van der Waals surface area contributed by atoms with Crippen LogP contribution in [0.4, 0.5) is 0 Å². The second-order valence-electron chi connectivity index (χ2n) is 6.94. The largest absolute Gasteiger partial charge is 0.353 e. The fraction of sp³-hybridized carbons (Fsp3) is 0.208. The van der Waals surface area contributed by atoms with E-state index in [1.165, 1.54) is 16.7 Å². The summed E-state index contributed by atoms with van der Waals surface area (Å²) in [5.74, 6) is 1.42. The summed E-state index contributed by atoms with van der Waals surface area (Å²) < 4.78 is 0. The van der Waals surface area contributed by atoms with Crippen LogP contribution in [0.1, 0.15) is 41.6 Å². The van der Waals surface area contributed by atoms with Crippen LogP contribution in [0.2, 0.25) is 0 Å². The number of nitrogens with zero attached hydrogens (tertiary/aromatic N) is 2. The van der Waals surface area contributed by atoms with Crippen LogP contribution >= 0.6 is 0 Å². The number of likely N-dealkylation sites (N-methyl/N-ethyl adjacent to an activating group) is 1. The number of aliphatic imine (C=N–C) groups is 1. The standard InChI is InChI=1S/C24H24N2/c1-18(19-12-6-3-7-13-19)24-25-22(20-14-8-4-9-15-20)23(26(24)2)21-16-10-5-11-17-21/h3-18,22-23H,1-2H3/t18?,22-,23-/m0/s1. The fourth-order valence-corrected chi connectivity index (χ4v) is 3.93. The van der Waals surface area contributed by atoms with Gasteiger partial charge in [0.25, 0.3) is 0 Å². The molecule has 1 heterocycles. The molecular weight excluding hydrogens is 316 g/mol. The summed E-state index contributed by atoms with van der Waals surface area (Å²) in [4.78, 5) is 7.58. The normalized spacial score (nSPS) is 20.7. The first-order valence-electron chi connectivity index (χ1n) is 9.21. The van der Waals surface area contributed by atoms with Crippen LogP contribution in [-0.4, -0.2) is 17.8 Å². The van der Waals surface area contributed by atoms with Crippen molar-refractivity contribution in [2.75, 3.05) is 7.05 Å². The summed E-state index contributed by atoms with van der Waals surface area (Å²) in [7, 11) is 2.18. The molecule has 0 amide bonds. The molecule has 1 aliphatic heterocycles. The van der Waals surface area contributed by atoms with Crippen LogP contribution in [0.3, 0.4) is 0 Å². The first-order valence-corrected chi connectivity index (χ1v) is 9.21. The van der Waals surface area contributed by atoms with E-state index in [0.29, 0.717) is 0 Å². The van der Waals surface area contributed by atoms with Crippen molar-refractivity contribution in [1.82, 2.24) is 4.90 Å². The summed E-state index contributed by atoms with van der Waals surface area (Å²) >= 11 is 0. The lowest BCUT2D eigenvalue weighted by Crippen LogP contribution is -2.30. The molecule has 0 aromatic heterocycles. The Morgan fingerprint density at radius 1 is 0.731 bits per heavy atom. The molecule has 2 heteroatoms. The highest BCUT2D eigenvalue weighted by Gasteiger charge is 2.37. The van der Waals surface area contributed by atoms with Gasteiger partial charge in [-0.3, -0.25) is 4.99 Å². The van der Waals surface area contributed by atoms with Crippen molar-refractivity contribution >= 4 is 5.84 Å². The molecule has 3 atom stereocenters. The van der Waals surface area contributed by atoms with Crippen molar-refractivity contribution in [3.8, 4) is 0 Å². The van der Waals surface area contributed by atoms with Gasteiger partial charge in [0.05, 0.1) is 6.04 Å². The van der Waals surface area contributed by atoms with Gasteiger partial charge < -0.3 is 4.90 Å². The SMILES string of the molecule is CC(C1=N[C@@H](c2ccccc2)[C@H](c2ccccc2)N1C)c1ccccc1. The number of hydrogen-bond donors (Lipinski definition) is 0. The highest BCUT2D eigenvalue weighted by molar-refractivity contribution is 5.90. The molecule has 26 heavy (non-hydrogen) atoms. The quantitative estimate of drug-likeness (QED) is 0.602. The summed E-state index contributed by atoms with van der Waals surface area (Å²) in [6, 6.07) is 32.4. The smallest absolute Gasteiger partial charge is 0.107 e. The van der Waals surface area contributed by atoms with E-state index in [9.17, 15) is 0 Å². The lowest BCUT2D eigenvalue weighted by atomic mass is 9.93. The fourth-order valence-electron chi connectivity index (χ4n) is 3.93. The summed E-state index contributed by atoms with van der Waals surface area (Å²) in [5, 5.41) is 0. The minimum atomic E-state index is 0.116. The van der Waals surface area contributed by atoms with Crippen molar-refractivity contribution < 1.29 is 0 Å². The Kier molecular flexibility index (Phi) is 4.57. The van der Waals surface area contributed by atoms with E-state index in [0.717, 1.165) is 5.84 Å². The predicted octanol–water partition coefficient (Wildman–Crippen LogP) is 5.62. The maximum atomic E-state index is 5.22. The maximum Gasteiger partial charge on any atom is 0.107 e. The Balaban J connectivity index is 1.76. The first-order chi connectivity index (χ1) is 12.8. The average Bonchev–Trinajstić information content (AvgIpc) is 3.06. The Morgan fingerprint density at radius 2 is 1.23 bits per heavy atom. The zero-order valence-electron chi connectivity index (χ0n) is 15.3. The highest BCUT2D eigenvalue weighted by Crippen LogP contribution is 2.43. The van der Waals surface area contributed by atoms with Crippen LogP contribution in [0.5, 0.6) is 0 Å². The zero-order chi connectivity index (χ0) is 17.9.